The highest BCUT2D eigenvalue weighted by Gasteiger charge is 2.02. The van der Waals surface area contributed by atoms with Crippen LogP contribution in [-0.4, -0.2) is 7.11 Å². The van der Waals surface area contributed by atoms with Crippen LogP contribution in [0.1, 0.15) is 50.7 Å². The van der Waals surface area contributed by atoms with Crippen molar-refractivity contribution in [1.82, 2.24) is 0 Å². The average molecular weight is 288 g/mol. The minimum atomic E-state index is -0.0995. The third kappa shape index (κ3) is 5.58. The molecule has 114 valence electrons. The number of halogens is 1. The molecule has 2 rings (SSSR count). The van der Waals surface area contributed by atoms with Gasteiger partial charge in [0.2, 0.25) is 0 Å². The van der Waals surface area contributed by atoms with Gasteiger partial charge >= 0.3 is 0 Å². The molecule has 0 radical (unpaired) electrons. The molecule has 0 saturated heterocycles. The van der Waals surface area contributed by atoms with Gasteiger partial charge in [0.05, 0.1) is 7.11 Å². The van der Waals surface area contributed by atoms with Gasteiger partial charge in [0.1, 0.15) is 11.6 Å². The molecule has 0 fully saturated rings. The van der Waals surface area contributed by atoms with E-state index >= 15 is 0 Å². The fourth-order valence-electron chi connectivity index (χ4n) is 1.94. The van der Waals surface area contributed by atoms with E-state index in [9.17, 15) is 4.39 Å². The van der Waals surface area contributed by atoms with Crippen molar-refractivity contribution in [2.24, 2.45) is 0 Å². The van der Waals surface area contributed by atoms with E-state index < -0.39 is 0 Å². The molecule has 2 aromatic carbocycles. The summed E-state index contributed by atoms with van der Waals surface area (Å²) in [6.45, 7) is 8.32. The lowest BCUT2D eigenvalue weighted by molar-refractivity contribution is 0.414. The SMILES string of the molecule is CC(C)c1ccccc1F.COc1cccc(C(C)C)c1. The number of benzene rings is 2. The number of hydrogen-bond donors (Lipinski definition) is 0. The summed E-state index contributed by atoms with van der Waals surface area (Å²) in [5.41, 5.74) is 2.12. The molecule has 0 aliphatic heterocycles. The Morgan fingerprint density at radius 2 is 1.52 bits per heavy atom. The molecule has 2 heteroatoms. The minimum absolute atomic E-state index is 0.0995. The molecule has 0 spiro atoms. The number of methoxy groups -OCH3 is 1. The van der Waals surface area contributed by atoms with Crippen LogP contribution in [0.5, 0.6) is 5.75 Å². The van der Waals surface area contributed by atoms with E-state index in [0.29, 0.717) is 5.92 Å². The third-order valence-corrected chi connectivity index (χ3v) is 3.29. The molecule has 0 unspecified atom stereocenters. The molecule has 0 aliphatic carbocycles. The second-order valence-corrected chi connectivity index (χ2v) is 5.61. The Labute approximate surface area is 127 Å². The molecular formula is C19H25FO. The highest BCUT2D eigenvalue weighted by atomic mass is 19.1. The van der Waals surface area contributed by atoms with E-state index in [4.69, 9.17) is 4.74 Å². The van der Waals surface area contributed by atoms with Crippen LogP contribution in [0.2, 0.25) is 0 Å². The van der Waals surface area contributed by atoms with Gasteiger partial charge in [0.25, 0.3) is 0 Å². The molecule has 0 saturated carbocycles. The molecule has 0 atom stereocenters. The lowest BCUT2D eigenvalue weighted by Crippen LogP contribution is -1.90. The Balaban J connectivity index is 0.000000211. The quantitative estimate of drug-likeness (QED) is 0.697. The van der Waals surface area contributed by atoms with Gasteiger partial charge in [-0.2, -0.15) is 0 Å². The highest BCUT2D eigenvalue weighted by molar-refractivity contribution is 5.30. The van der Waals surface area contributed by atoms with E-state index in [-0.39, 0.29) is 11.7 Å². The number of hydrogen-bond acceptors (Lipinski definition) is 1. The molecule has 2 aromatic rings. The summed E-state index contributed by atoms with van der Waals surface area (Å²) in [6.07, 6.45) is 0. The Morgan fingerprint density at radius 1 is 0.857 bits per heavy atom. The zero-order chi connectivity index (χ0) is 15.8. The molecule has 0 bridgehead atoms. The molecule has 1 nitrogen and oxygen atoms in total. The van der Waals surface area contributed by atoms with Crippen LogP contribution in [0, 0.1) is 5.82 Å². The van der Waals surface area contributed by atoms with Gasteiger partial charge in [-0.05, 0) is 41.2 Å². The first-order valence-electron chi connectivity index (χ1n) is 7.34. The van der Waals surface area contributed by atoms with Crippen molar-refractivity contribution in [2.75, 3.05) is 7.11 Å². The molecule has 0 aliphatic rings. The minimum Gasteiger partial charge on any atom is -0.497 e. The third-order valence-electron chi connectivity index (χ3n) is 3.29. The summed E-state index contributed by atoms with van der Waals surface area (Å²) in [5, 5.41) is 0. The molecule has 21 heavy (non-hydrogen) atoms. The standard InChI is InChI=1S/C10H14O.C9H11F/c1-8(2)9-5-4-6-10(7-9)11-3;1-7(2)8-5-3-4-6-9(8)10/h4-8H,1-3H3;3-7H,1-2H3. The maximum absolute atomic E-state index is 12.8. The fraction of sp³-hybridized carbons (Fsp3) is 0.368. The van der Waals surface area contributed by atoms with Crippen LogP contribution >= 0.6 is 0 Å². The van der Waals surface area contributed by atoms with Crippen molar-refractivity contribution < 1.29 is 9.13 Å². The molecular weight excluding hydrogens is 263 g/mol. The zero-order valence-electron chi connectivity index (χ0n) is 13.6. The molecule has 0 aromatic heterocycles. The van der Waals surface area contributed by atoms with Crippen LogP contribution in [0.3, 0.4) is 0 Å². The Morgan fingerprint density at radius 3 is 2.00 bits per heavy atom. The summed E-state index contributed by atoms with van der Waals surface area (Å²) in [4.78, 5) is 0. The van der Waals surface area contributed by atoms with Gasteiger partial charge in [-0.1, -0.05) is 58.0 Å². The average Bonchev–Trinajstić information content (AvgIpc) is 2.48. The maximum Gasteiger partial charge on any atom is 0.126 e. The number of rotatable bonds is 3. The van der Waals surface area contributed by atoms with Crippen molar-refractivity contribution in [3.63, 3.8) is 0 Å². The molecule has 0 N–H and O–H groups in total. The van der Waals surface area contributed by atoms with Crippen molar-refractivity contribution in [3.05, 3.63) is 65.5 Å². The first kappa shape index (κ1) is 17.2. The van der Waals surface area contributed by atoms with Crippen LogP contribution in [0.25, 0.3) is 0 Å². The summed E-state index contributed by atoms with van der Waals surface area (Å²) in [6, 6.07) is 15.1. The predicted molar refractivity (Wildman–Crippen MR) is 87.6 cm³/mol. The van der Waals surface area contributed by atoms with Crippen LogP contribution in [-0.2, 0) is 0 Å². The van der Waals surface area contributed by atoms with Crippen LogP contribution < -0.4 is 4.74 Å². The highest BCUT2D eigenvalue weighted by Crippen LogP contribution is 2.19. The Bertz CT molecular complexity index is 547. The summed E-state index contributed by atoms with van der Waals surface area (Å²) in [7, 11) is 1.69. The first-order chi connectivity index (χ1) is 9.95. The van der Waals surface area contributed by atoms with Gasteiger partial charge in [0, 0.05) is 0 Å². The molecule has 0 heterocycles. The fourth-order valence-corrected chi connectivity index (χ4v) is 1.94. The predicted octanol–water partition coefficient (Wildman–Crippen LogP) is 5.77. The van der Waals surface area contributed by atoms with Gasteiger partial charge in [-0.3, -0.25) is 0 Å². The van der Waals surface area contributed by atoms with E-state index in [1.54, 1.807) is 13.2 Å². The summed E-state index contributed by atoms with van der Waals surface area (Å²) in [5.74, 6) is 1.69. The maximum atomic E-state index is 12.8. The normalized spacial score (nSPS) is 10.3. The van der Waals surface area contributed by atoms with Crippen molar-refractivity contribution >= 4 is 0 Å². The van der Waals surface area contributed by atoms with Crippen molar-refractivity contribution in [3.8, 4) is 5.75 Å². The lowest BCUT2D eigenvalue weighted by atomic mass is 10.0. The van der Waals surface area contributed by atoms with Crippen LogP contribution in [0.15, 0.2) is 48.5 Å². The van der Waals surface area contributed by atoms with E-state index in [2.05, 4.69) is 26.0 Å². The van der Waals surface area contributed by atoms with Crippen molar-refractivity contribution in [1.29, 1.82) is 0 Å². The monoisotopic (exact) mass is 288 g/mol. The summed E-state index contributed by atoms with van der Waals surface area (Å²) < 4.78 is 17.9. The van der Waals surface area contributed by atoms with Gasteiger partial charge in [-0.15, -0.1) is 0 Å². The zero-order valence-corrected chi connectivity index (χ0v) is 13.6. The van der Waals surface area contributed by atoms with Gasteiger partial charge in [0.15, 0.2) is 0 Å². The topological polar surface area (TPSA) is 9.23 Å². The van der Waals surface area contributed by atoms with Crippen molar-refractivity contribution in [2.45, 2.75) is 39.5 Å². The Kier molecular flexibility index (Phi) is 6.93. The van der Waals surface area contributed by atoms with Gasteiger partial charge in [-0.25, -0.2) is 4.39 Å². The first-order valence-corrected chi connectivity index (χ1v) is 7.34. The van der Waals surface area contributed by atoms with Crippen LogP contribution in [0.4, 0.5) is 4.39 Å². The van der Waals surface area contributed by atoms with E-state index in [1.807, 2.05) is 38.1 Å². The smallest absolute Gasteiger partial charge is 0.126 e. The lowest BCUT2D eigenvalue weighted by Gasteiger charge is -2.06. The van der Waals surface area contributed by atoms with Gasteiger partial charge < -0.3 is 4.74 Å². The van der Waals surface area contributed by atoms with E-state index in [1.165, 1.54) is 11.6 Å². The second-order valence-electron chi connectivity index (χ2n) is 5.61. The van der Waals surface area contributed by atoms with E-state index in [0.717, 1.165) is 11.3 Å². The second kappa shape index (κ2) is 8.46. The molecule has 0 amide bonds. The Hall–Kier alpha value is -1.83. The summed E-state index contributed by atoms with van der Waals surface area (Å²) >= 11 is 0. The largest absolute Gasteiger partial charge is 0.497 e. The number of ether oxygens (including phenoxy) is 1.